The topological polar surface area (TPSA) is 54.5 Å². The van der Waals surface area contributed by atoms with Gasteiger partial charge in [-0.1, -0.05) is 30.3 Å². The van der Waals surface area contributed by atoms with E-state index >= 15 is 0 Å². The van der Waals surface area contributed by atoms with Gasteiger partial charge >= 0.3 is 0 Å². The Bertz CT molecular complexity index is 791. The molecule has 2 aliphatic rings. The lowest BCUT2D eigenvalue weighted by Crippen LogP contribution is -2.60. The van der Waals surface area contributed by atoms with E-state index in [0.717, 1.165) is 35.7 Å². The minimum atomic E-state index is -0.824. The number of likely N-dealkylation sites (N-methyl/N-ethyl adjacent to an activating group) is 1. The summed E-state index contributed by atoms with van der Waals surface area (Å²) in [5, 5.41) is 2.83. The number of nitrogens with one attached hydrogen (secondary N) is 1. The molecule has 1 aliphatic heterocycles. The van der Waals surface area contributed by atoms with Crippen molar-refractivity contribution in [3.63, 3.8) is 0 Å². The van der Waals surface area contributed by atoms with Crippen LogP contribution in [-0.2, 0) is 16.0 Å². The smallest absolute Gasteiger partial charge is 0.253 e. The summed E-state index contributed by atoms with van der Waals surface area (Å²) in [6.07, 6.45) is 6.84. The number of morpholine rings is 1. The molecule has 1 saturated heterocycles. The Balaban J connectivity index is 1.57. The number of carbonyl (C=O) groups is 1. The second kappa shape index (κ2) is 7.79. The van der Waals surface area contributed by atoms with Gasteiger partial charge in [0.25, 0.3) is 5.91 Å². The van der Waals surface area contributed by atoms with E-state index in [1.54, 1.807) is 13.2 Å². The summed E-state index contributed by atoms with van der Waals surface area (Å²) in [6, 6.07) is 12.3. The van der Waals surface area contributed by atoms with E-state index in [1.807, 2.05) is 18.3 Å². The molecular weight excluding hydrogens is 338 g/mol. The summed E-state index contributed by atoms with van der Waals surface area (Å²) in [4.78, 5) is 19.4. The zero-order valence-electron chi connectivity index (χ0n) is 15.9. The van der Waals surface area contributed by atoms with Crippen molar-refractivity contribution in [1.82, 2.24) is 15.2 Å². The van der Waals surface area contributed by atoms with Crippen LogP contribution in [0.25, 0.3) is 11.1 Å². The van der Waals surface area contributed by atoms with Crippen LogP contribution < -0.4 is 5.32 Å². The highest BCUT2D eigenvalue weighted by Gasteiger charge is 2.44. The first kappa shape index (κ1) is 18.1. The Hall–Kier alpha value is -2.24. The highest BCUT2D eigenvalue weighted by molar-refractivity contribution is 5.86. The summed E-state index contributed by atoms with van der Waals surface area (Å²) in [5.41, 5.74) is 2.47. The number of pyridine rings is 1. The van der Waals surface area contributed by atoms with Crippen LogP contribution in [0.15, 0.2) is 48.8 Å². The molecular formula is C22H27N3O2. The first-order chi connectivity index (χ1) is 13.2. The van der Waals surface area contributed by atoms with Gasteiger partial charge in [0.05, 0.1) is 6.61 Å². The van der Waals surface area contributed by atoms with E-state index in [0.29, 0.717) is 19.6 Å². The Morgan fingerprint density at radius 3 is 2.89 bits per heavy atom. The molecule has 5 heteroatoms. The minimum absolute atomic E-state index is 0.0326. The van der Waals surface area contributed by atoms with Gasteiger partial charge in [-0.3, -0.25) is 14.7 Å². The molecule has 1 aliphatic carbocycles. The first-order valence-corrected chi connectivity index (χ1v) is 9.76. The van der Waals surface area contributed by atoms with E-state index < -0.39 is 5.60 Å². The van der Waals surface area contributed by atoms with Crippen molar-refractivity contribution in [3.05, 3.63) is 54.4 Å². The Kier molecular flexibility index (Phi) is 5.23. The second-order valence-corrected chi connectivity index (χ2v) is 7.72. The van der Waals surface area contributed by atoms with Crippen LogP contribution in [0.1, 0.15) is 18.4 Å². The molecule has 1 aromatic heterocycles. The molecule has 1 amide bonds. The normalized spacial score (nSPS) is 23.1. The lowest BCUT2D eigenvalue weighted by molar-refractivity contribution is -0.159. The van der Waals surface area contributed by atoms with E-state index in [-0.39, 0.29) is 5.91 Å². The Morgan fingerprint density at radius 1 is 1.30 bits per heavy atom. The number of hydrogen-bond acceptors (Lipinski definition) is 4. The van der Waals surface area contributed by atoms with Gasteiger partial charge in [-0.2, -0.15) is 0 Å². The monoisotopic (exact) mass is 365 g/mol. The van der Waals surface area contributed by atoms with Gasteiger partial charge in [0.2, 0.25) is 0 Å². The maximum atomic E-state index is 12.8. The number of amides is 1. The molecule has 2 aromatic rings. The standard InChI is InChI=1S/C22H27N3O2/c1-23-21(26)22(16-25(10-11-27-22)15-17-7-8-17)13-18-4-2-5-19(12-18)20-6-3-9-24-14-20/h2-6,9,12,14,17H,7-8,10-11,13,15-16H2,1H3,(H,23,26). The van der Waals surface area contributed by atoms with Crippen LogP contribution in [-0.4, -0.2) is 54.7 Å². The zero-order chi connectivity index (χ0) is 18.7. The lowest BCUT2D eigenvalue weighted by atomic mass is 9.90. The van der Waals surface area contributed by atoms with Crippen molar-refractivity contribution in [2.45, 2.75) is 24.9 Å². The number of carbonyl (C=O) groups excluding carboxylic acids is 1. The van der Waals surface area contributed by atoms with Gasteiger partial charge in [0, 0.05) is 45.5 Å². The van der Waals surface area contributed by atoms with Crippen molar-refractivity contribution in [2.24, 2.45) is 5.92 Å². The molecule has 1 N–H and O–H groups in total. The third-order valence-corrected chi connectivity index (χ3v) is 5.53. The van der Waals surface area contributed by atoms with Gasteiger partial charge in [0.15, 0.2) is 5.60 Å². The van der Waals surface area contributed by atoms with E-state index in [4.69, 9.17) is 4.74 Å². The molecule has 0 spiro atoms. The summed E-state index contributed by atoms with van der Waals surface area (Å²) in [7, 11) is 1.69. The lowest BCUT2D eigenvalue weighted by Gasteiger charge is -2.41. The fourth-order valence-electron chi connectivity index (χ4n) is 3.95. The molecule has 27 heavy (non-hydrogen) atoms. The molecule has 0 bridgehead atoms. The second-order valence-electron chi connectivity index (χ2n) is 7.72. The van der Waals surface area contributed by atoms with Gasteiger partial charge < -0.3 is 10.1 Å². The molecule has 1 unspecified atom stereocenters. The molecule has 142 valence electrons. The van der Waals surface area contributed by atoms with E-state index in [1.165, 1.54) is 12.8 Å². The number of benzene rings is 1. The molecule has 1 aromatic carbocycles. The quantitative estimate of drug-likeness (QED) is 0.855. The third-order valence-electron chi connectivity index (χ3n) is 5.53. The van der Waals surface area contributed by atoms with Crippen LogP contribution in [0.5, 0.6) is 0 Å². The van der Waals surface area contributed by atoms with Crippen LogP contribution in [0.4, 0.5) is 0 Å². The van der Waals surface area contributed by atoms with Gasteiger partial charge in [-0.15, -0.1) is 0 Å². The van der Waals surface area contributed by atoms with Crippen molar-refractivity contribution in [3.8, 4) is 11.1 Å². The molecule has 2 heterocycles. The molecule has 1 saturated carbocycles. The third kappa shape index (κ3) is 4.20. The average molecular weight is 365 g/mol. The maximum absolute atomic E-state index is 12.8. The molecule has 2 fully saturated rings. The number of rotatable bonds is 6. The predicted octanol–water partition coefficient (Wildman–Crippen LogP) is 2.52. The summed E-state index contributed by atoms with van der Waals surface area (Å²) >= 11 is 0. The number of hydrogen-bond donors (Lipinski definition) is 1. The molecule has 4 rings (SSSR count). The van der Waals surface area contributed by atoms with Crippen molar-refractivity contribution in [2.75, 3.05) is 33.3 Å². The predicted molar refractivity (Wildman–Crippen MR) is 105 cm³/mol. The van der Waals surface area contributed by atoms with Crippen LogP contribution in [0.2, 0.25) is 0 Å². The van der Waals surface area contributed by atoms with Gasteiger partial charge in [0.1, 0.15) is 0 Å². The van der Waals surface area contributed by atoms with E-state index in [2.05, 4.69) is 39.5 Å². The Labute approximate surface area is 160 Å². The first-order valence-electron chi connectivity index (χ1n) is 9.76. The van der Waals surface area contributed by atoms with E-state index in [9.17, 15) is 4.79 Å². The molecule has 1 atom stereocenters. The highest BCUT2D eigenvalue weighted by atomic mass is 16.5. The SMILES string of the molecule is CNC(=O)C1(Cc2cccc(-c3cccnc3)c2)CN(CC2CC2)CCO1. The van der Waals surface area contributed by atoms with Crippen LogP contribution in [0, 0.1) is 5.92 Å². The summed E-state index contributed by atoms with van der Waals surface area (Å²) < 4.78 is 6.13. The highest BCUT2D eigenvalue weighted by Crippen LogP contribution is 2.32. The maximum Gasteiger partial charge on any atom is 0.253 e. The number of ether oxygens (including phenoxy) is 1. The van der Waals surface area contributed by atoms with Gasteiger partial charge in [-0.25, -0.2) is 0 Å². The van der Waals surface area contributed by atoms with Crippen molar-refractivity contribution >= 4 is 5.91 Å². The summed E-state index contributed by atoms with van der Waals surface area (Å²) in [5.74, 6) is 0.772. The largest absolute Gasteiger partial charge is 0.362 e. The summed E-state index contributed by atoms with van der Waals surface area (Å²) in [6.45, 7) is 3.24. The average Bonchev–Trinajstić information content (AvgIpc) is 3.52. The van der Waals surface area contributed by atoms with Gasteiger partial charge in [-0.05, 0) is 41.5 Å². The molecule has 5 nitrogen and oxygen atoms in total. The van der Waals surface area contributed by atoms with Crippen molar-refractivity contribution < 1.29 is 9.53 Å². The molecule has 0 radical (unpaired) electrons. The fourth-order valence-corrected chi connectivity index (χ4v) is 3.95. The van der Waals surface area contributed by atoms with Crippen molar-refractivity contribution in [1.29, 1.82) is 0 Å². The fraction of sp³-hybridized carbons (Fsp3) is 0.455. The number of aromatic nitrogens is 1. The van der Waals surface area contributed by atoms with Crippen LogP contribution >= 0.6 is 0 Å². The van der Waals surface area contributed by atoms with Crippen LogP contribution in [0.3, 0.4) is 0 Å². The Morgan fingerprint density at radius 2 is 2.15 bits per heavy atom. The zero-order valence-corrected chi connectivity index (χ0v) is 15.9. The minimum Gasteiger partial charge on any atom is -0.362 e. The number of nitrogens with zero attached hydrogens (tertiary/aromatic N) is 2.